The lowest BCUT2D eigenvalue weighted by atomic mass is 10.1. The zero-order chi connectivity index (χ0) is 18.6. The third kappa shape index (κ3) is 4.06. The highest BCUT2D eigenvalue weighted by Gasteiger charge is 2.29. The van der Waals surface area contributed by atoms with E-state index in [1.54, 1.807) is 4.68 Å². The molecule has 27 heavy (non-hydrogen) atoms. The second-order valence-electron chi connectivity index (χ2n) is 6.64. The first kappa shape index (κ1) is 17.0. The number of nitrogens with zero attached hydrogens (tertiary/aromatic N) is 2. The molecule has 1 fully saturated rings. The van der Waals surface area contributed by atoms with E-state index >= 15 is 0 Å². The molecule has 3 aromatic rings. The van der Waals surface area contributed by atoms with Gasteiger partial charge in [0.1, 0.15) is 5.69 Å². The second kappa shape index (κ2) is 7.45. The van der Waals surface area contributed by atoms with Gasteiger partial charge in [-0.15, -0.1) is 0 Å². The van der Waals surface area contributed by atoms with Gasteiger partial charge in [0.2, 0.25) is 5.91 Å². The molecule has 1 heterocycles. The molecular weight excluding hydrogens is 340 g/mol. The summed E-state index contributed by atoms with van der Waals surface area (Å²) in [7, 11) is 0. The van der Waals surface area contributed by atoms with Gasteiger partial charge in [-0.05, 0) is 36.6 Å². The zero-order valence-corrected chi connectivity index (χ0v) is 14.8. The molecular formula is C21H20N4O2. The van der Waals surface area contributed by atoms with Gasteiger partial charge in [0, 0.05) is 5.92 Å². The van der Waals surface area contributed by atoms with E-state index < -0.39 is 0 Å². The Bertz CT molecular complexity index is 947. The second-order valence-corrected chi connectivity index (χ2v) is 6.64. The van der Waals surface area contributed by atoms with Crippen LogP contribution in [0.25, 0.3) is 5.69 Å². The molecule has 136 valence electrons. The summed E-state index contributed by atoms with van der Waals surface area (Å²) < 4.78 is 1.63. The maximum atomic E-state index is 12.7. The number of aromatic nitrogens is 2. The molecule has 6 heteroatoms. The van der Waals surface area contributed by atoms with Gasteiger partial charge in [0.05, 0.1) is 17.8 Å². The summed E-state index contributed by atoms with van der Waals surface area (Å²) in [5, 5.41) is 4.60. The summed E-state index contributed by atoms with van der Waals surface area (Å²) >= 11 is 0. The molecule has 2 N–H and O–H groups in total. The number of hydrogen-bond acceptors (Lipinski definition) is 3. The van der Waals surface area contributed by atoms with E-state index in [0.717, 1.165) is 29.8 Å². The maximum Gasteiger partial charge on any atom is 0.288 e. The van der Waals surface area contributed by atoms with E-state index in [1.165, 1.54) is 0 Å². The predicted molar refractivity (Wildman–Crippen MR) is 101 cm³/mol. The Kier molecular flexibility index (Phi) is 4.70. The van der Waals surface area contributed by atoms with Gasteiger partial charge in [-0.25, -0.2) is 4.68 Å². The molecule has 0 unspecified atom stereocenters. The molecule has 0 atom stereocenters. The van der Waals surface area contributed by atoms with E-state index in [9.17, 15) is 9.59 Å². The van der Waals surface area contributed by atoms with Crippen LogP contribution in [0.1, 0.15) is 40.5 Å². The first-order valence-electron chi connectivity index (χ1n) is 8.99. The fraction of sp³-hybridized carbons (Fsp3) is 0.190. The molecule has 6 nitrogen and oxygen atoms in total. The van der Waals surface area contributed by atoms with Crippen LogP contribution in [0.3, 0.4) is 0 Å². The van der Waals surface area contributed by atoms with Crippen molar-refractivity contribution in [2.75, 3.05) is 0 Å². The van der Waals surface area contributed by atoms with Gasteiger partial charge in [-0.1, -0.05) is 48.5 Å². The molecule has 0 radical (unpaired) electrons. The normalized spacial score (nSPS) is 13.2. The van der Waals surface area contributed by atoms with Gasteiger partial charge >= 0.3 is 0 Å². The molecule has 4 rings (SSSR count). The number of hydrogen-bond donors (Lipinski definition) is 2. The number of nitrogens with one attached hydrogen (secondary N) is 2. The van der Waals surface area contributed by atoms with Gasteiger partial charge in [-0.2, -0.15) is 5.10 Å². The summed E-state index contributed by atoms with van der Waals surface area (Å²) in [6, 6.07) is 20.7. The highest BCUT2D eigenvalue weighted by atomic mass is 16.2. The van der Waals surface area contributed by atoms with Crippen molar-refractivity contribution in [2.45, 2.75) is 25.2 Å². The third-order valence-corrected chi connectivity index (χ3v) is 4.48. The molecule has 1 aromatic heterocycles. The van der Waals surface area contributed by atoms with Crippen molar-refractivity contribution in [3.05, 3.63) is 83.7 Å². The Morgan fingerprint density at radius 1 is 0.963 bits per heavy atom. The molecule has 0 bridgehead atoms. The monoisotopic (exact) mass is 360 g/mol. The molecule has 1 saturated carbocycles. The van der Waals surface area contributed by atoms with Crippen LogP contribution < -0.4 is 10.9 Å². The Morgan fingerprint density at radius 3 is 2.30 bits per heavy atom. The minimum absolute atomic E-state index is 0.201. The van der Waals surface area contributed by atoms with E-state index in [4.69, 9.17) is 0 Å². The quantitative estimate of drug-likeness (QED) is 0.687. The molecule has 0 saturated heterocycles. The van der Waals surface area contributed by atoms with Crippen molar-refractivity contribution in [3.8, 4) is 5.69 Å². The lowest BCUT2D eigenvalue weighted by Gasteiger charge is -2.09. The molecule has 2 amide bonds. The molecule has 2 aromatic carbocycles. The predicted octanol–water partition coefficient (Wildman–Crippen LogP) is 2.75. The maximum absolute atomic E-state index is 12.7. The first-order valence-corrected chi connectivity index (χ1v) is 8.99. The van der Waals surface area contributed by atoms with Gasteiger partial charge in [0.25, 0.3) is 5.91 Å². The Morgan fingerprint density at radius 2 is 1.63 bits per heavy atom. The third-order valence-electron chi connectivity index (χ3n) is 4.48. The van der Waals surface area contributed by atoms with Crippen molar-refractivity contribution in [1.82, 2.24) is 20.6 Å². The summed E-state index contributed by atoms with van der Waals surface area (Å²) in [5.41, 5.74) is 8.00. The topological polar surface area (TPSA) is 76.0 Å². The average Bonchev–Trinajstić information content (AvgIpc) is 3.46. The van der Waals surface area contributed by atoms with Crippen molar-refractivity contribution >= 4 is 11.8 Å². The Hall–Kier alpha value is -3.41. The summed E-state index contributed by atoms with van der Waals surface area (Å²) in [6.45, 7) is 0. The van der Waals surface area contributed by atoms with Crippen LogP contribution in [0.15, 0.2) is 66.7 Å². The highest BCUT2D eigenvalue weighted by Crippen LogP contribution is 2.39. The SMILES string of the molecule is O=C(Cc1ccccc1)NNC(=O)c1cc(C2CC2)nn1-c1ccccc1. The average molecular weight is 360 g/mol. The van der Waals surface area contributed by atoms with Crippen molar-refractivity contribution < 1.29 is 9.59 Å². The van der Waals surface area contributed by atoms with Crippen molar-refractivity contribution in [1.29, 1.82) is 0 Å². The summed E-state index contributed by atoms with van der Waals surface area (Å²) in [4.78, 5) is 24.7. The smallest absolute Gasteiger partial charge is 0.273 e. The molecule has 0 spiro atoms. The number of hydrazine groups is 1. The van der Waals surface area contributed by atoms with Gasteiger partial charge in [-0.3, -0.25) is 20.4 Å². The molecule has 0 aliphatic heterocycles. The lowest BCUT2D eigenvalue weighted by Crippen LogP contribution is -2.43. The number of carbonyl (C=O) groups excluding carboxylic acids is 2. The Balaban J connectivity index is 1.47. The number of carbonyl (C=O) groups is 2. The Labute approximate surface area is 157 Å². The molecule has 1 aliphatic carbocycles. The van der Waals surface area contributed by atoms with Crippen LogP contribution in [0.2, 0.25) is 0 Å². The highest BCUT2D eigenvalue weighted by molar-refractivity contribution is 5.94. The van der Waals surface area contributed by atoms with E-state index in [0.29, 0.717) is 11.6 Å². The summed E-state index contributed by atoms with van der Waals surface area (Å²) in [5.74, 6) is -0.239. The van der Waals surface area contributed by atoms with E-state index in [2.05, 4.69) is 16.0 Å². The number of para-hydroxylation sites is 1. The van der Waals surface area contributed by atoms with Crippen molar-refractivity contribution in [2.24, 2.45) is 0 Å². The van der Waals surface area contributed by atoms with Gasteiger partial charge in [0.15, 0.2) is 0 Å². The minimum atomic E-state index is -0.389. The minimum Gasteiger partial charge on any atom is -0.273 e. The molecule has 1 aliphatic rings. The lowest BCUT2D eigenvalue weighted by molar-refractivity contribution is -0.121. The summed E-state index contributed by atoms with van der Waals surface area (Å²) in [6.07, 6.45) is 2.40. The van der Waals surface area contributed by atoms with Crippen molar-refractivity contribution in [3.63, 3.8) is 0 Å². The van der Waals surface area contributed by atoms with Crippen LogP contribution in [0.4, 0.5) is 0 Å². The fourth-order valence-corrected chi connectivity index (χ4v) is 2.92. The van der Waals surface area contributed by atoms with Crippen LogP contribution >= 0.6 is 0 Å². The number of benzene rings is 2. The van der Waals surface area contributed by atoms with Gasteiger partial charge < -0.3 is 0 Å². The fourth-order valence-electron chi connectivity index (χ4n) is 2.92. The van der Waals surface area contributed by atoms with Crippen LogP contribution in [-0.4, -0.2) is 21.6 Å². The standard InChI is InChI=1S/C21H20N4O2/c26-20(13-15-7-3-1-4-8-15)22-23-21(27)19-14-18(16-11-12-16)24-25(19)17-9-5-2-6-10-17/h1-10,14,16H,11-13H2,(H,22,26)(H,23,27). The largest absolute Gasteiger partial charge is 0.288 e. The van der Waals surface area contributed by atoms with Crippen LogP contribution in [0.5, 0.6) is 0 Å². The first-order chi connectivity index (χ1) is 13.2. The van der Waals surface area contributed by atoms with E-state index in [1.807, 2.05) is 66.7 Å². The number of amides is 2. The van der Waals surface area contributed by atoms with Crippen LogP contribution in [0, 0.1) is 0 Å². The van der Waals surface area contributed by atoms with Crippen LogP contribution in [-0.2, 0) is 11.2 Å². The number of rotatable bonds is 5. The van der Waals surface area contributed by atoms with E-state index in [-0.39, 0.29) is 18.2 Å². The zero-order valence-electron chi connectivity index (χ0n) is 14.8.